The lowest BCUT2D eigenvalue weighted by atomic mass is 9.90. The Balaban J connectivity index is 1.80. The van der Waals surface area contributed by atoms with Crippen molar-refractivity contribution in [1.29, 1.82) is 0 Å². The van der Waals surface area contributed by atoms with Crippen LogP contribution < -0.4 is 10.6 Å². The van der Waals surface area contributed by atoms with Gasteiger partial charge in [0.25, 0.3) is 0 Å². The summed E-state index contributed by atoms with van der Waals surface area (Å²) in [6.45, 7) is 7.43. The number of carbonyl (C=O) groups is 1. The summed E-state index contributed by atoms with van der Waals surface area (Å²) < 4.78 is 5.29. The molecule has 0 aromatic heterocycles. The van der Waals surface area contributed by atoms with Crippen molar-refractivity contribution in [1.82, 2.24) is 10.6 Å². The van der Waals surface area contributed by atoms with Gasteiger partial charge in [-0.2, -0.15) is 0 Å². The van der Waals surface area contributed by atoms with Crippen LogP contribution in [0.1, 0.15) is 52.9 Å². The molecule has 1 heterocycles. The second-order valence-electron chi connectivity index (χ2n) is 6.81. The first-order valence-corrected chi connectivity index (χ1v) is 7.10. The maximum atomic E-state index is 11.7. The molecule has 4 heteroatoms. The van der Waals surface area contributed by atoms with Crippen LogP contribution in [0, 0.1) is 5.92 Å². The van der Waals surface area contributed by atoms with Gasteiger partial charge in [0.15, 0.2) is 0 Å². The Morgan fingerprint density at radius 1 is 1.44 bits per heavy atom. The van der Waals surface area contributed by atoms with Gasteiger partial charge < -0.3 is 15.4 Å². The number of amides is 1. The molecule has 0 aromatic carbocycles. The molecule has 0 unspecified atom stereocenters. The molecule has 0 radical (unpaired) electrons. The topological polar surface area (TPSA) is 50.4 Å². The molecule has 1 saturated carbocycles. The van der Waals surface area contributed by atoms with Crippen molar-refractivity contribution in [3.05, 3.63) is 0 Å². The van der Waals surface area contributed by atoms with E-state index in [0.717, 1.165) is 12.5 Å². The van der Waals surface area contributed by atoms with Crippen LogP contribution in [-0.4, -0.2) is 30.3 Å². The monoisotopic (exact) mass is 254 g/mol. The van der Waals surface area contributed by atoms with Crippen LogP contribution >= 0.6 is 0 Å². The summed E-state index contributed by atoms with van der Waals surface area (Å²) in [5.41, 5.74) is -0.297. The van der Waals surface area contributed by atoms with E-state index in [0.29, 0.717) is 6.54 Å². The summed E-state index contributed by atoms with van der Waals surface area (Å²) in [4.78, 5) is 11.7. The molecule has 2 fully saturated rings. The molecule has 1 aliphatic heterocycles. The van der Waals surface area contributed by atoms with Crippen molar-refractivity contribution in [2.24, 2.45) is 5.92 Å². The molecule has 2 rings (SSSR count). The molecule has 104 valence electrons. The number of carbonyl (C=O) groups excluding carboxylic acids is 1. The van der Waals surface area contributed by atoms with E-state index in [9.17, 15) is 4.79 Å². The summed E-state index contributed by atoms with van der Waals surface area (Å²) in [7, 11) is 0. The summed E-state index contributed by atoms with van der Waals surface area (Å²) in [6.07, 6.45) is 5.99. The van der Waals surface area contributed by atoms with Gasteiger partial charge in [-0.3, -0.25) is 0 Å². The maximum absolute atomic E-state index is 11.7. The highest BCUT2D eigenvalue weighted by Crippen LogP contribution is 2.39. The highest BCUT2D eigenvalue weighted by atomic mass is 16.6. The average molecular weight is 254 g/mol. The van der Waals surface area contributed by atoms with Crippen LogP contribution in [0.3, 0.4) is 0 Å². The minimum atomic E-state index is -0.420. The molecule has 4 nitrogen and oxygen atoms in total. The third-order valence-corrected chi connectivity index (χ3v) is 3.68. The Labute approximate surface area is 110 Å². The summed E-state index contributed by atoms with van der Waals surface area (Å²) in [6, 6.07) is 0. The number of alkyl carbamates (subject to hydrolysis) is 1. The fourth-order valence-electron chi connectivity index (χ4n) is 2.70. The minimum Gasteiger partial charge on any atom is -0.444 e. The van der Waals surface area contributed by atoms with E-state index in [2.05, 4.69) is 10.6 Å². The number of rotatable bonds is 4. The Morgan fingerprint density at radius 2 is 2.17 bits per heavy atom. The van der Waals surface area contributed by atoms with Gasteiger partial charge in [-0.25, -0.2) is 4.79 Å². The maximum Gasteiger partial charge on any atom is 0.407 e. The Morgan fingerprint density at radius 3 is 2.67 bits per heavy atom. The summed E-state index contributed by atoms with van der Waals surface area (Å²) in [5, 5.41) is 6.52. The van der Waals surface area contributed by atoms with E-state index in [1.165, 1.54) is 32.1 Å². The van der Waals surface area contributed by atoms with Gasteiger partial charge in [-0.15, -0.1) is 0 Å². The Hall–Kier alpha value is -0.770. The zero-order chi connectivity index (χ0) is 13.2. The van der Waals surface area contributed by atoms with Gasteiger partial charge in [-0.1, -0.05) is 12.8 Å². The summed E-state index contributed by atoms with van der Waals surface area (Å²) in [5.74, 6) is 0.871. The zero-order valence-corrected chi connectivity index (χ0v) is 11.8. The molecule has 2 aliphatic rings. The van der Waals surface area contributed by atoms with Crippen molar-refractivity contribution < 1.29 is 9.53 Å². The summed E-state index contributed by atoms with van der Waals surface area (Å²) >= 11 is 0. The number of hydrogen-bond acceptors (Lipinski definition) is 3. The minimum absolute atomic E-state index is 0.123. The van der Waals surface area contributed by atoms with Crippen LogP contribution in [0.25, 0.3) is 0 Å². The molecule has 2 N–H and O–H groups in total. The normalized spacial score (nSPS) is 28.2. The molecule has 1 saturated heterocycles. The van der Waals surface area contributed by atoms with Crippen molar-refractivity contribution >= 4 is 6.09 Å². The van der Waals surface area contributed by atoms with Crippen LogP contribution in [0.15, 0.2) is 0 Å². The Bertz CT molecular complexity index is 299. The van der Waals surface area contributed by atoms with Crippen LogP contribution in [0.2, 0.25) is 0 Å². The second kappa shape index (κ2) is 5.08. The number of nitrogens with one attached hydrogen (secondary N) is 2. The first-order valence-electron chi connectivity index (χ1n) is 7.10. The lowest BCUT2D eigenvalue weighted by Crippen LogP contribution is -2.50. The van der Waals surface area contributed by atoms with Crippen LogP contribution in [-0.2, 0) is 4.74 Å². The predicted octanol–water partition coefficient (Wildman–Crippen LogP) is 2.43. The van der Waals surface area contributed by atoms with E-state index in [1.54, 1.807) is 0 Å². The third kappa shape index (κ3) is 4.16. The van der Waals surface area contributed by atoms with E-state index >= 15 is 0 Å². The molecule has 0 spiro atoms. The van der Waals surface area contributed by atoms with Gasteiger partial charge in [-0.05, 0) is 52.5 Å². The molecule has 1 amide bonds. The van der Waals surface area contributed by atoms with E-state index < -0.39 is 5.60 Å². The van der Waals surface area contributed by atoms with Gasteiger partial charge in [0.1, 0.15) is 5.60 Å². The van der Waals surface area contributed by atoms with E-state index in [1.807, 2.05) is 20.8 Å². The van der Waals surface area contributed by atoms with Crippen molar-refractivity contribution in [3.63, 3.8) is 0 Å². The fraction of sp³-hybridized carbons (Fsp3) is 0.929. The van der Waals surface area contributed by atoms with E-state index in [-0.39, 0.29) is 11.6 Å². The van der Waals surface area contributed by atoms with Crippen molar-refractivity contribution in [3.8, 4) is 0 Å². The Kier molecular flexibility index (Phi) is 3.85. The zero-order valence-electron chi connectivity index (χ0n) is 11.8. The molecule has 0 bridgehead atoms. The SMILES string of the molecule is CC(C)(C)OC(=O)NC[C@]1(CC2CC2)CCCN1. The standard InChI is InChI=1S/C14H26N2O2/c1-13(2,3)18-12(17)15-10-14(7-4-8-16-14)9-11-5-6-11/h11,16H,4-10H2,1-3H3,(H,15,17)/t14-/m1/s1. The van der Waals surface area contributed by atoms with Crippen LogP contribution in [0.4, 0.5) is 4.79 Å². The molecule has 0 aromatic rings. The lowest BCUT2D eigenvalue weighted by Gasteiger charge is -2.30. The lowest BCUT2D eigenvalue weighted by molar-refractivity contribution is 0.0509. The molecule has 18 heavy (non-hydrogen) atoms. The van der Waals surface area contributed by atoms with Gasteiger partial charge in [0.05, 0.1) is 0 Å². The third-order valence-electron chi connectivity index (χ3n) is 3.68. The smallest absolute Gasteiger partial charge is 0.407 e. The molecule has 1 aliphatic carbocycles. The van der Waals surface area contributed by atoms with Crippen molar-refractivity contribution in [2.45, 2.75) is 64.0 Å². The highest BCUT2D eigenvalue weighted by molar-refractivity contribution is 5.67. The fourth-order valence-corrected chi connectivity index (χ4v) is 2.70. The first kappa shape index (κ1) is 13.7. The first-order chi connectivity index (χ1) is 8.39. The quantitative estimate of drug-likeness (QED) is 0.810. The molecular weight excluding hydrogens is 228 g/mol. The van der Waals surface area contributed by atoms with Gasteiger partial charge >= 0.3 is 6.09 Å². The van der Waals surface area contributed by atoms with Crippen molar-refractivity contribution in [2.75, 3.05) is 13.1 Å². The largest absolute Gasteiger partial charge is 0.444 e. The number of ether oxygens (including phenoxy) is 1. The molecule has 1 atom stereocenters. The number of hydrogen-bond donors (Lipinski definition) is 2. The van der Waals surface area contributed by atoms with Crippen LogP contribution in [0.5, 0.6) is 0 Å². The highest BCUT2D eigenvalue weighted by Gasteiger charge is 2.39. The molecular formula is C14H26N2O2. The van der Waals surface area contributed by atoms with Gasteiger partial charge in [0.2, 0.25) is 0 Å². The van der Waals surface area contributed by atoms with Gasteiger partial charge in [0, 0.05) is 12.1 Å². The average Bonchev–Trinajstić information content (AvgIpc) is 2.90. The van der Waals surface area contributed by atoms with E-state index in [4.69, 9.17) is 4.74 Å². The predicted molar refractivity (Wildman–Crippen MR) is 71.5 cm³/mol. The second-order valence-corrected chi connectivity index (χ2v) is 6.81.